The van der Waals surface area contributed by atoms with E-state index in [1.165, 1.54) is 252 Å². The molecule has 0 aliphatic rings. The monoisotopic (exact) mass is 1090 g/mol. The van der Waals surface area contributed by atoms with Crippen molar-refractivity contribution in [2.75, 3.05) is 0 Å². The number of carboxylic acids is 3. The molecule has 0 spiro atoms. The molecule has 0 aromatic heterocycles. The third-order valence-corrected chi connectivity index (χ3v) is 13.9. The van der Waals surface area contributed by atoms with Gasteiger partial charge in [-0.05, 0) is 40.0 Å². The van der Waals surface area contributed by atoms with Gasteiger partial charge in [0.15, 0.2) is 0 Å². The first-order valence-corrected chi connectivity index (χ1v) is 31.4. The van der Waals surface area contributed by atoms with Gasteiger partial charge in [0.25, 0.3) is 0 Å². The largest absolute Gasteiger partial charge is 3.00 e. The number of ether oxygens (including phenoxy) is 3. The first-order valence-electron chi connectivity index (χ1n) is 31.4. The number of rotatable bonds is 54. The van der Waals surface area contributed by atoms with Gasteiger partial charge < -0.3 is 43.9 Å². The van der Waals surface area contributed by atoms with E-state index in [1.807, 2.05) is 0 Å². The van der Waals surface area contributed by atoms with Crippen molar-refractivity contribution in [2.24, 2.45) is 0 Å². The van der Waals surface area contributed by atoms with Gasteiger partial charge in [0, 0.05) is 19.3 Å². The molecule has 76 heavy (non-hydrogen) atoms. The van der Waals surface area contributed by atoms with E-state index in [9.17, 15) is 44.1 Å². The Morgan fingerprint density at radius 1 is 0.250 bits per heavy atom. The molecule has 3 unspecified atom stereocenters. The number of aliphatic carboxylic acids is 3. The van der Waals surface area contributed by atoms with E-state index < -0.39 is 54.1 Å². The van der Waals surface area contributed by atoms with Crippen molar-refractivity contribution in [3.05, 3.63) is 0 Å². The summed E-state index contributed by atoms with van der Waals surface area (Å²) in [5.74, 6) is -5.34. The normalized spacial score (nSPS) is 11.9. The molecule has 444 valence electrons. The van der Waals surface area contributed by atoms with Gasteiger partial charge in [-0.1, -0.05) is 290 Å². The summed E-state index contributed by atoms with van der Waals surface area (Å²) >= 11 is 0. The van der Waals surface area contributed by atoms with Crippen LogP contribution in [0.2, 0.25) is 0 Å². The number of carbonyl (C=O) groups excluding carboxylic acids is 6. The van der Waals surface area contributed by atoms with Gasteiger partial charge in [-0.2, -0.15) is 0 Å². The van der Waals surface area contributed by atoms with Crippen LogP contribution in [0.3, 0.4) is 0 Å². The fourth-order valence-electron chi connectivity index (χ4n) is 8.83. The van der Waals surface area contributed by atoms with Gasteiger partial charge in [0.05, 0.1) is 17.9 Å². The van der Waals surface area contributed by atoms with Crippen LogP contribution >= 0.6 is 0 Å². The standard InChI is InChI=1S/3C21H40O4.Al/c3*1-3-4-5-6-7-8-9-10-11-12-13-14-15-16-17-18-20(22)25-19(2)21(23)24;/h3*19H,3-18H2,1-2H3,(H,23,24);/q;;;+3/p-3. The maximum atomic E-state index is 11.4. The maximum Gasteiger partial charge on any atom is 3.00 e. The molecule has 0 N–H and O–H groups in total. The number of carbonyl (C=O) groups is 6. The predicted molar refractivity (Wildman–Crippen MR) is 306 cm³/mol. The van der Waals surface area contributed by atoms with Crippen LogP contribution in [0.5, 0.6) is 0 Å². The molecule has 0 saturated heterocycles. The van der Waals surface area contributed by atoms with Gasteiger partial charge >= 0.3 is 35.3 Å². The Kier molecular flexibility index (Phi) is 68.1. The molecule has 0 aromatic carbocycles. The fourth-order valence-corrected chi connectivity index (χ4v) is 8.83. The van der Waals surface area contributed by atoms with E-state index in [0.29, 0.717) is 19.3 Å². The zero-order valence-electron chi connectivity index (χ0n) is 50.1. The molecule has 0 amide bonds. The zero-order valence-corrected chi connectivity index (χ0v) is 51.3. The molecule has 0 aliphatic carbocycles. The fraction of sp³-hybridized carbons (Fsp3) is 0.905. The molecule has 12 nitrogen and oxygen atoms in total. The summed E-state index contributed by atoms with van der Waals surface area (Å²) in [5, 5.41) is 31.4. The first-order chi connectivity index (χ1) is 36.2. The molecule has 0 aromatic rings. The van der Waals surface area contributed by atoms with E-state index in [4.69, 9.17) is 14.2 Å². The van der Waals surface area contributed by atoms with Crippen molar-refractivity contribution in [3.8, 4) is 0 Å². The second kappa shape index (κ2) is 64.9. The Labute approximate surface area is 477 Å². The van der Waals surface area contributed by atoms with Crippen molar-refractivity contribution < 1.29 is 58.3 Å². The molecule has 0 heterocycles. The number of hydrogen-bond donors (Lipinski definition) is 0. The third-order valence-electron chi connectivity index (χ3n) is 13.9. The molecule has 0 fully saturated rings. The van der Waals surface area contributed by atoms with Gasteiger partial charge in [-0.15, -0.1) is 0 Å². The van der Waals surface area contributed by atoms with Crippen LogP contribution in [0.1, 0.15) is 350 Å². The number of hydrogen-bond acceptors (Lipinski definition) is 12. The van der Waals surface area contributed by atoms with Crippen LogP contribution in [0, 0.1) is 0 Å². The van der Waals surface area contributed by atoms with E-state index in [2.05, 4.69) is 20.8 Å². The predicted octanol–water partition coefficient (Wildman–Crippen LogP) is 14.4. The van der Waals surface area contributed by atoms with Crippen molar-refractivity contribution in [3.63, 3.8) is 0 Å². The molecule has 13 heteroatoms. The summed E-state index contributed by atoms with van der Waals surface area (Å²) in [6, 6.07) is 0. The average molecular weight is 1090 g/mol. The summed E-state index contributed by atoms with van der Waals surface area (Å²) in [7, 11) is 0. The summed E-state index contributed by atoms with van der Waals surface area (Å²) in [6.07, 6.45) is 55.0. The Hall–Kier alpha value is -2.65. The number of carboxylic acid groups (broad SMARTS) is 3. The molecular formula is C63H117AlO12. The summed E-state index contributed by atoms with van der Waals surface area (Å²) in [5.41, 5.74) is 0. The van der Waals surface area contributed by atoms with Gasteiger partial charge in [0.2, 0.25) is 0 Å². The average Bonchev–Trinajstić information content (AvgIpc) is 3.37. The van der Waals surface area contributed by atoms with Crippen molar-refractivity contribution >= 4 is 53.2 Å². The quantitative estimate of drug-likeness (QED) is 0.0242. The molecular weight excluding hydrogens is 976 g/mol. The number of unbranched alkanes of at least 4 members (excludes halogenated alkanes) is 42. The Morgan fingerprint density at radius 2 is 0.368 bits per heavy atom. The van der Waals surface area contributed by atoms with Crippen molar-refractivity contribution in [1.29, 1.82) is 0 Å². The molecule has 0 rings (SSSR count). The Bertz CT molecular complexity index is 1140. The van der Waals surface area contributed by atoms with E-state index in [-0.39, 0.29) is 17.4 Å². The minimum absolute atomic E-state index is 0. The minimum Gasteiger partial charge on any atom is -0.546 e. The van der Waals surface area contributed by atoms with Crippen LogP contribution in [0.4, 0.5) is 0 Å². The Morgan fingerprint density at radius 3 is 0.487 bits per heavy atom. The molecule has 0 bridgehead atoms. The van der Waals surface area contributed by atoms with Crippen LogP contribution in [-0.4, -0.2) is 71.5 Å². The van der Waals surface area contributed by atoms with Crippen LogP contribution in [0.15, 0.2) is 0 Å². The van der Waals surface area contributed by atoms with Gasteiger partial charge in [-0.25, -0.2) is 0 Å². The second-order valence-electron chi connectivity index (χ2n) is 21.5. The number of esters is 3. The van der Waals surface area contributed by atoms with E-state index in [1.54, 1.807) is 0 Å². The minimum atomic E-state index is -1.34. The zero-order chi connectivity index (χ0) is 56.3. The van der Waals surface area contributed by atoms with Crippen LogP contribution in [-0.2, 0) is 43.0 Å². The Balaban J connectivity index is -0.000000508. The van der Waals surface area contributed by atoms with Crippen molar-refractivity contribution in [1.82, 2.24) is 0 Å². The maximum absolute atomic E-state index is 11.4. The molecule has 0 radical (unpaired) electrons. The summed E-state index contributed by atoms with van der Waals surface area (Å²) < 4.78 is 14.2. The SMILES string of the molecule is CCCCCCCCCCCCCCCCCC(=O)OC(C)C(=O)[O-].CCCCCCCCCCCCCCCCCC(=O)OC(C)C(=O)[O-].CCCCCCCCCCCCCCCCCC(=O)OC(C)C(=O)[O-].[Al+3]. The molecule has 0 aliphatic heterocycles. The first kappa shape index (κ1) is 79.8. The van der Waals surface area contributed by atoms with Gasteiger partial charge in [-0.3, -0.25) is 14.4 Å². The topological polar surface area (TPSA) is 199 Å². The van der Waals surface area contributed by atoms with E-state index in [0.717, 1.165) is 57.8 Å². The van der Waals surface area contributed by atoms with Crippen LogP contribution in [0.25, 0.3) is 0 Å². The smallest absolute Gasteiger partial charge is 0.546 e. The van der Waals surface area contributed by atoms with E-state index >= 15 is 0 Å². The summed E-state index contributed by atoms with van der Waals surface area (Å²) in [4.78, 5) is 65.5. The molecule has 0 saturated carbocycles. The molecule has 3 atom stereocenters. The second-order valence-corrected chi connectivity index (χ2v) is 21.5. The third kappa shape index (κ3) is 67.5. The van der Waals surface area contributed by atoms with Gasteiger partial charge in [0.1, 0.15) is 18.3 Å². The summed E-state index contributed by atoms with van der Waals surface area (Å²) in [6.45, 7) is 10.7. The van der Waals surface area contributed by atoms with Crippen molar-refractivity contribution in [2.45, 2.75) is 368 Å². The van der Waals surface area contributed by atoms with Crippen LogP contribution < -0.4 is 15.3 Å².